The van der Waals surface area contributed by atoms with Crippen LogP contribution in [0.3, 0.4) is 0 Å². The van der Waals surface area contributed by atoms with Gasteiger partial charge in [0.2, 0.25) is 11.7 Å². The lowest BCUT2D eigenvalue weighted by atomic mass is 9.77. The number of carbonyl (C=O) groups is 1. The van der Waals surface area contributed by atoms with Crippen molar-refractivity contribution < 1.29 is 13.9 Å². The van der Waals surface area contributed by atoms with E-state index in [1.54, 1.807) is 0 Å². The van der Waals surface area contributed by atoms with Crippen LogP contribution in [0.2, 0.25) is 0 Å². The summed E-state index contributed by atoms with van der Waals surface area (Å²) in [6.45, 7) is 6.03. The molecule has 0 fully saturated rings. The molecule has 0 bridgehead atoms. The van der Waals surface area contributed by atoms with Crippen molar-refractivity contribution in [2.24, 2.45) is 0 Å². The summed E-state index contributed by atoms with van der Waals surface area (Å²) in [6.07, 6.45) is 0.904. The maximum Gasteiger partial charge on any atom is 0.376 e. The number of rotatable bonds is 2. The van der Waals surface area contributed by atoms with Crippen molar-refractivity contribution in [1.29, 1.82) is 0 Å². The number of hydrogen-bond acceptors (Lipinski definition) is 4. The maximum atomic E-state index is 11.9. The number of ether oxygens (including phenoxy) is 1. The van der Waals surface area contributed by atoms with Crippen LogP contribution in [0.15, 0.2) is 28.7 Å². The Morgan fingerprint density at radius 2 is 2.05 bits per heavy atom. The van der Waals surface area contributed by atoms with E-state index in [4.69, 9.17) is 9.15 Å². The summed E-state index contributed by atoms with van der Waals surface area (Å²) in [5.74, 6) is 0.510. The molecule has 1 aromatic heterocycles. The molecule has 1 aromatic carbocycles. The summed E-state index contributed by atoms with van der Waals surface area (Å²) in [4.78, 5) is 16.5. The lowest BCUT2D eigenvalue weighted by Gasteiger charge is -2.27. The fourth-order valence-electron chi connectivity index (χ4n) is 2.70. The van der Waals surface area contributed by atoms with E-state index < -0.39 is 5.97 Å². The third kappa shape index (κ3) is 2.24. The third-order valence-electron chi connectivity index (χ3n) is 3.88. The van der Waals surface area contributed by atoms with Gasteiger partial charge in [0.1, 0.15) is 0 Å². The summed E-state index contributed by atoms with van der Waals surface area (Å²) in [5.41, 5.74) is 2.94. The largest absolute Gasteiger partial charge is 0.463 e. The standard InChI is InChI=1S/C17H19NO3/c1-17(2,3)14-13(16(19)20-4)21-15(18-14)12-9-10-7-5-6-8-11(10)12/h5-8,12H,9H2,1-4H3. The Labute approximate surface area is 124 Å². The Balaban J connectivity index is 2.03. The van der Waals surface area contributed by atoms with Crippen molar-refractivity contribution in [2.45, 2.75) is 38.5 Å². The van der Waals surface area contributed by atoms with Gasteiger partial charge in [0.25, 0.3) is 0 Å². The molecule has 3 rings (SSSR count). The fraction of sp³-hybridized carbons (Fsp3) is 0.412. The smallest absolute Gasteiger partial charge is 0.376 e. The van der Waals surface area contributed by atoms with E-state index in [1.807, 2.05) is 32.9 Å². The van der Waals surface area contributed by atoms with E-state index in [1.165, 1.54) is 18.2 Å². The van der Waals surface area contributed by atoms with Gasteiger partial charge in [-0.3, -0.25) is 0 Å². The van der Waals surface area contributed by atoms with Crippen LogP contribution in [-0.2, 0) is 16.6 Å². The zero-order valence-electron chi connectivity index (χ0n) is 12.8. The minimum absolute atomic E-state index is 0.140. The highest BCUT2D eigenvalue weighted by molar-refractivity contribution is 5.87. The quantitative estimate of drug-likeness (QED) is 0.793. The molecule has 1 aliphatic carbocycles. The van der Waals surface area contributed by atoms with E-state index in [9.17, 15) is 4.79 Å². The van der Waals surface area contributed by atoms with E-state index >= 15 is 0 Å². The lowest BCUT2D eigenvalue weighted by Crippen LogP contribution is -2.19. The molecule has 1 heterocycles. The molecule has 0 radical (unpaired) electrons. The van der Waals surface area contributed by atoms with Crippen LogP contribution in [0.5, 0.6) is 0 Å². The second-order valence-electron chi connectivity index (χ2n) is 6.43. The first-order chi connectivity index (χ1) is 9.91. The number of fused-ring (bicyclic) bond motifs is 1. The van der Waals surface area contributed by atoms with Crippen molar-refractivity contribution in [1.82, 2.24) is 4.98 Å². The van der Waals surface area contributed by atoms with Crippen LogP contribution in [0.25, 0.3) is 0 Å². The van der Waals surface area contributed by atoms with Crippen molar-refractivity contribution >= 4 is 5.97 Å². The molecule has 4 nitrogen and oxygen atoms in total. The number of hydrogen-bond donors (Lipinski definition) is 0. The number of carbonyl (C=O) groups excluding carboxylic acids is 1. The average molecular weight is 285 g/mol. The van der Waals surface area contributed by atoms with Gasteiger partial charge in [-0.25, -0.2) is 9.78 Å². The molecule has 1 atom stereocenters. The van der Waals surface area contributed by atoms with Gasteiger partial charge < -0.3 is 9.15 Å². The Hall–Kier alpha value is -2.10. The minimum atomic E-state index is -0.466. The lowest BCUT2D eigenvalue weighted by molar-refractivity contribution is 0.0558. The summed E-state index contributed by atoms with van der Waals surface area (Å²) in [7, 11) is 1.36. The maximum absolute atomic E-state index is 11.9. The highest BCUT2D eigenvalue weighted by atomic mass is 16.5. The first-order valence-corrected chi connectivity index (χ1v) is 7.09. The van der Waals surface area contributed by atoms with Gasteiger partial charge >= 0.3 is 5.97 Å². The van der Waals surface area contributed by atoms with Gasteiger partial charge in [0.15, 0.2) is 0 Å². The second kappa shape index (κ2) is 4.72. The Morgan fingerprint density at radius 3 is 2.67 bits per heavy atom. The zero-order chi connectivity index (χ0) is 15.2. The number of nitrogens with zero attached hydrogens (tertiary/aromatic N) is 1. The number of methoxy groups -OCH3 is 1. The number of esters is 1. The van der Waals surface area contributed by atoms with Crippen LogP contribution in [0, 0.1) is 0 Å². The van der Waals surface area contributed by atoms with Gasteiger partial charge in [-0.1, -0.05) is 45.0 Å². The summed E-state index contributed by atoms with van der Waals surface area (Å²) < 4.78 is 10.6. The van der Waals surface area contributed by atoms with Crippen LogP contribution < -0.4 is 0 Å². The van der Waals surface area contributed by atoms with E-state index in [0.29, 0.717) is 11.6 Å². The monoisotopic (exact) mass is 285 g/mol. The van der Waals surface area contributed by atoms with Gasteiger partial charge in [0.05, 0.1) is 18.7 Å². The second-order valence-corrected chi connectivity index (χ2v) is 6.43. The fourth-order valence-corrected chi connectivity index (χ4v) is 2.70. The average Bonchev–Trinajstić information content (AvgIpc) is 2.84. The molecule has 1 aliphatic rings. The number of aromatic nitrogens is 1. The minimum Gasteiger partial charge on any atom is -0.463 e. The molecule has 0 spiro atoms. The molecular weight excluding hydrogens is 266 g/mol. The van der Waals surface area contributed by atoms with Crippen molar-refractivity contribution in [3.05, 3.63) is 52.7 Å². The normalized spacial score (nSPS) is 17.0. The van der Waals surface area contributed by atoms with Gasteiger partial charge in [-0.05, 0) is 17.5 Å². The molecule has 0 saturated carbocycles. The van der Waals surface area contributed by atoms with E-state index in [2.05, 4.69) is 17.1 Å². The number of oxazole rings is 1. The topological polar surface area (TPSA) is 52.3 Å². The molecule has 21 heavy (non-hydrogen) atoms. The van der Waals surface area contributed by atoms with Crippen molar-refractivity contribution in [3.8, 4) is 0 Å². The third-order valence-corrected chi connectivity index (χ3v) is 3.88. The van der Waals surface area contributed by atoms with E-state index in [-0.39, 0.29) is 17.1 Å². The predicted molar refractivity (Wildman–Crippen MR) is 78.5 cm³/mol. The highest BCUT2D eigenvalue weighted by Crippen LogP contribution is 2.41. The SMILES string of the molecule is COC(=O)c1oc(C2Cc3ccccc32)nc1C(C)(C)C. The van der Waals surface area contributed by atoms with E-state index in [0.717, 1.165) is 6.42 Å². The van der Waals surface area contributed by atoms with Crippen molar-refractivity contribution in [2.75, 3.05) is 7.11 Å². The van der Waals surface area contributed by atoms with Crippen LogP contribution in [-0.4, -0.2) is 18.1 Å². The molecule has 110 valence electrons. The first kappa shape index (κ1) is 13.9. The van der Waals surface area contributed by atoms with Crippen LogP contribution >= 0.6 is 0 Å². The highest BCUT2D eigenvalue weighted by Gasteiger charge is 2.36. The molecule has 0 aliphatic heterocycles. The Bertz CT molecular complexity index is 694. The van der Waals surface area contributed by atoms with Gasteiger partial charge in [-0.15, -0.1) is 0 Å². The molecule has 0 N–H and O–H groups in total. The first-order valence-electron chi connectivity index (χ1n) is 7.09. The molecule has 1 unspecified atom stereocenters. The summed E-state index contributed by atoms with van der Waals surface area (Å²) in [6, 6.07) is 8.24. The zero-order valence-corrected chi connectivity index (χ0v) is 12.8. The molecule has 0 amide bonds. The van der Waals surface area contributed by atoms with Crippen molar-refractivity contribution in [3.63, 3.8) is 0 Å². The van der Waals surface area contributed by atoms with Gasteiger partial charge in [0, 0.05) is 5.41 Å². The van der Waals surface area contributed by atoms with Gasteiger partial charge in [-0.2, -0.15) is 0 Å². The van der Waals surface area contributed by atoms with Crippen LogP contribution in [0.4, 0.5) is 0 Å². The van der Waals surface area contributed by atoms with Crippen LogP contribution in [0.1, 0.15) is 60.0 Å². The summed E-state index contributed by atoms with van der Waals surface area (Å²) in [5, 5.41) is 0. The molecule has 4 heteroatoms. The molecule has 0 saturated heterocycles. The Kier molecular flexibility index (Phi) is 3.12. The molecule has 2 aromatic rings. The molecular formula is C17H19NO3. The summed E-state index contributed by atoms with van der Waals surface area (Å²) >= 11 is 0. The predicted octanol–water partition coefficient (Wildman–Crippen LogP) is 3.45. The number of benzene rings is 1. The Morgan fingerprint density at radius 1 is 1.33 bits per heavy atom.